The molecule has 0 saturated heterocycles. The van der Waals surface area contributed by atoms with E-state index in [1.807, 2.05) is 0 Å². The zero-order valence-corrected chi connectivity index (χ0v) is 10.1. The van der Waals surface area contributed by atoms with E-state index in [2.05, 4.69) is 5.43 Å². The van der Waals surface area contributed by atoms with Gasteiger partial charge < -0.3 is 4.42 Å². The summed E-state index contributed by atoms with van der Waals surface area (Å²) in [6.07, 6.45) is 0. The number of furan rings is 1. The first-order valence-corrected chi connectivity index (χ1v) is 5.41. The van der Waals surface area contributed by atoms with E-state index in [0.29, 0.717) is 11.3 Å². The van der Waals surface area contributed by atoms with Crippen LogP contribution in [-0.2, 0) is 0 Å². The standard InChI is InChI=1S/C13H13FN2O2/c1-16(2)15-13(17)12-8-7-11(18-12)9-5-3-4-6-10(9)14/h3-8H,1-2H3,(H,15,17). The molecular formula is C13H13FN2O2. The van der Waals surface area contributed by atoms with Crippen molar-refractivity contribution >= 4 is 5.91 Å². The number of hydrazine groups is 1. The van der Waals surface area contributed by atoms with Gasteiger partial charge in [0.15, 0.2) is 5.76 Å². The van der Waals surface area contributed by atoms with Crippen molar-refractivity contribution in [2.45, 2.75) is 0 Å². The number of nitrogens with one attached hydrogen (secondary N) is 1. The molecule has 1 heterocycles. The molecule has 5 heteroatoms. The van der Waals surface area contributed by atoms with Gasteiger partial charge in [-0.05, 0) is 24.3 Å². The summed E-state index contributed by atoms with van der Waals surface area (Å²) in [4.78, 5) is 11.6. The number of rotatable bonds is 3. The Bertz CT molecular complexity index is 564. The Hall–Kier alpha value is -2.14. The summed E-state index contributed by atoms with van der Waals surface area (Å²) < 4.78 is 18.9. The topological polar surface area (TPSA) is 45.5 Å². The van der Waals surface area contributed by atoms with Crippen molar-refractivity contribution in [3.8, 4) is 11.3 Å². The fourth-order valence-electron chi connectivity index (χ4n) is 1.52. The van der Waals surface area contributed by atoms with Gasteiger partial charge in [0.05, 0.1) is 5.56 Å². The maximum atomic E-state index is 13.5. The molecule has 0 unspecified atom stereocenters. The van der Waals surface area contributed by atoms with Gasteiger partial charge in [0.25, 0.3) is 0 Å². The van der Waals surface area contributed by atoms with E-state index >= 15 is 0 Å². The molecule has 18 heavy (non-hydrogen) atoms. The molecule has 4 nitrogen and oxygen atoms in total. The molecule has 0 aliphatic heterocycles. The predicted octanol–water partition coefficient (Wildman–Crippen LogP) is 2.29. The lowest BCUT2D eigenvalue weighted by Crippen LogP contribution is -2.35. The summed E-state index contributed by atoms with van der Waals surface area (Å²) >= 11 is 0. The number of hydrogen-bond donors (Lipinski definition) is 1. The highest BCUT2D eigenvalue weighted by molar-refractivity contribution is 5.91. The molecule has 1 aromatic heterocycles. The molecule has 0 radical (unpaired) electrons. The first kappa shape index (κ1) is 12.3. The molecule has 0 atom stereocenters. The average Bonchev–Trinajstić information content (AvgIpc) is 2.78. The second-order valence-electron chi connectivity index (χ2n) is 3.98. The van der Waals surface area contributed by atoms with E-state index in [-0.39, 0.29) is 17.5 Å². The van der Waals surface area contributed by atoms with Gasteiger partial charge >= 0.3 is 5.91 Å². The van der Waals surface area contributed by atoms with Crippen molar-refractivity contribution in [3.63, 3.8) is 0 Å². The maximum Gasteiger partial charge on any atom is 0.301 e. The highest BCUT2D eigenvalue weighted by Crippen LogP contribution is 2.24. The zero-order valence-electron chi connectivity index (χ0n) is 10.1. The lowest BCUT2D eigenvalue weighted by molar-refractivity contribution is 0.0828. The van der Waals surface area contributed by atoms with E-state index in [0.717, 1.165) is 0 Å². The van der Waals surface area contributed by atoms with Gasteiger partial charge in [0, 0.05) is 14.1 Å². The third-order valence-electron chi connectivity index (χ3n) is 2.29. The van der Waals surface area contributed by atoms with Crippen LogP contribution in [0.2, 0.25) is 0 Å². The molecular weight excluding hydrogens is 235 g/mol. The Labute approximate surface area is 104 Å². The van der Waals surface area contributed by atoms with Crippen molar-refractivity contribution in [1.29, 1.82) is 0 Å². The van der Waals surface area contributed by atoms with Crippen LogP contribution in [0.4, 0.5) is 4.39 Å². The highest BCUT2D eigenvalue weighted by atomic mass is 19.1. The van der Waals surface area contributed by atoms with Crippen LogP contribution < -0.4 is 5.43 Å². The van der Waals surface area contributed by atoms with Crippen LogP contribution >= 0.6 is 0 Å². The SMILES string of the molecule is CN(C)NC(=O)c1ccc(-c2ccccc2F)o1. The summed E-state index contributed by atoms with van der Waals surface area (Å²) in [6.45, 7) is 0. The third-order valence-corrected chi connectivity index (χ3v) is 2.29. The van der Waals surface area contributed by atoms with Crippen LogP contribution in [0, 0.1) is 5.82 Å². The van der Waals surface area contributed by atoms with Gasteiger partial charge in [0.1, 0.15) is 11.6 Å². The molecule has 0 saturated carbocycles. The van der Waals surface area contributed by atoms with E-state index < -0.39 is 0 Å². The van der Waals surface area contributed by atoms with Crippen LogP contribution in [0.15, 0.2) is 40.8 Å². The molecule has 1 N–H and O–H groups in total. The largest absolute Gasteiger partial charge is 0.451 e. The molecule has 94 valence electrons. The summed E-state index contributed by atoms with van der Waals surface area (Å²) in [6, 6.07) is 9.34. The molecule has 1 amide bonds. The molecule has 0 fully saturated rings. The van der Waals surface area contributed by atoms with E-state index in [9.17, 15) is 9.18 Å². The fourth-order valence-corrected chi connectivity index (χ4v) is 1.52. The first-order valence-electron chi connectivity index (χ1n) is 5.41. The average molecular weight is 248 g/mol. The number of carbonyl (C=O) groups excluding carboxylic acids is 1. The van der Waals surface area contributed by atoms with Crippen molar-refractivity contribution in [2.75, 3.05) is 14.1 Å². The van der Waals surface area contributed by atoms with Gasteiger partial charge in [-0.1, -0.05) is 12.1 Å². The molecule has 1 aromatic carbocycles. The van der Waals surface area contributed by atoms with Gasteiger partial charge in [-0.15, -0.1) is 0 Å². The Balaban J connectivity index is 2.26. The second-order valence-corrected chi connectivity index (χ2v) is 3.98. The number of nitrogens with zero attached hydrogens (tertiary/aromatic N) is 1. The Morgan fingerprint density at radius 3 is 2.61 bits per heavy atom. The van der Waals surface area contributed by atoms with E-state index in [4.69, 9.17) is 4.42 Å². The van der Waals surface area contributed by atoms with Crippen LogP contribution in [0.3, 0.4) is 0 Å². The molecule has 0 spiro atoms. The molecule has 2 rings (SSSR count). The summed E-state index contributed by atoms with van der Waals surface area (Å²) in [5.74, 6) is -0.284. The zero-order chi connectivity index (χ0) is 13.1. The Morgan fingerprint density at radius 2 is 1.94 bits per heavy atom. The van der Waals surface area contributed by atoms with Crippen molar-refractivity contribution in [3.05, 3.63) is 48.0 Å². The maximum absolute atomic E-state index is 13.5. The minimum atomic E-state index is -0.383. The third kappa shape index (κ3) is 2.57. The monoisotopic (exact) mass is 248 g/mol. The minimum Gasteiger partial charge on any atom is -0.451 e. The van der Waals surface area contributed by atoms with Gasteiger partial charge in [-0.3, -0.25) is 10.2 Å². The van der Waals surface area contributed by atoms with Crippen molar-refractivity contribution in [1.82, 2.24) is 10.4 Å². The highest BCUT2D eigenvalue weighted by Gasteiger charge is 2.14. The lowest BCUT2D eigenvalue weighted by atomic mass is 10.1. The summed E-state index contributed by atoms with van der Waals surface area (Å²) in [5, 5.41) is 1.51. The van der Waals surface area contributed by atoms with Gasteiger partial charge in [-0.25, -0.2) is 9.40 Å². The van der Waals surface area contributed by atoms with Crippen LogP contribution in [-0.4, -0.2) is 25.0 Å². The van der Waals surface area contributed by atoms with Crippen LogP contribution in [0.5, 0.6) is 0 Å². The number of halogens is 1. The normalized spacial score (nSPS) is 10.7. The summed E-state index contributed by atoms with van der Waals surface area (Å²) in [5.41, 5.74) is 2.88. The van der Waals surface area contributed by atoms with Crippen molar-refractivity contribution < 1.29 is 13.6 Å². The minimum absolute atomic E-state index is 0.141. The predicted molar refractivity (Wildman–Crippen MR) is 65.3 cm³/mol. The number of amides is 1. The Kier molecular flexibility index (Phi) is 3.43. The van der Waals surface area contributed by atoms with Crippen LogP contribution in [0.25, 0.3) is 11.3 Å². The lowest BCUT2D eigenvalue weighted by Gasteiger charge is -2.09. The Morgan fingerprint density at radius 1 is 1.22 bits per heavy atom. The van der Waals surface area contributed by atoms with Crippen LogP contribution in [0.1, 0.15) is 10.6 Å². The van der Waals surface area contributed by atoms with Gasteiger partial charge in [-0.2, -0.15) is 0 Å². The molecule has 0 aliphatic carbocycles. The number of benzene rings is 1. The summed E-state index contributed by atoms with van der Waals surface area (Å²) in [7, 11) is 3.39. The van der Waals surface area contributed by atoms with Gasteiger partial charge in [0.2, 0.25) is 0 Å². The molecule has 0 aliphatic rings. The van der Waals surface area contributed by atoms with Crippen molar-refractivity contribution in [2.24, 2.45) is 0 Å². The number of hydrogen-bond acceptors (Lipinski definition) is 3. The smallest absolute Gasteiger partial charge is 0.301 e. The fraction of sp³-hybridized carbons (Fsp3) is 0.154. The molecule has 0 bridgehead atoms. The first-order chi connectivity index (χ1) is 8.58. The molecule has 2 aromatic rings. The number of carbonyl (C=O) groups is 1. The second kappa shape index (κ2) is 5.01. The van der Waals surface area contributed by atoms with E-state index in [1.165, 1.54) is 17.1 Å². The quantitative estimate of drug-likeness (QED) is 0.848. The van der Waals surface area contributed by atoms with E-state index in [1.54, 1.807) is 38.4 Å².